The molecule has 3 aromatic rings. The average molecular weight is 456 g/mol. The van der Waals surface area contributed by atoms with Crippen LogP contribution >= 0.6 is 46.6 Å². The Morgan fingerprint density at radius 2 is 1.89 bits per heavy atom. The third kappa shape index (κ3) is 5.00. The number of hydrogen-bond donors (Lipinski definition) is 1. The van der Waals surface area contributed by atoms with Crippen molar-refractivity contribution >= 4 is 52.5 Å². The van der Waals surface area contributed by atoms with Gasteiger partial charge in [-0.2, -0.15) is 0 Å². The van der Waals surface area contributed by atoms with Crippen molar-refractivity contribution in [2.45, 2.75) is 25.0 Å². The van der Waals surface area contributed by atoms with Crippen molar-refractivity contribution < 1.29 is 4.79 Å². The van der Waals surface area contributed by atoms with Crippen molar-refractivity contribution in [3.05, 3.63) is 68.9 Å². The maximum Gasteiger partial charge on any atom is 0.253 e. The van der Waals surface area contributed by atoms with Crippen LogP contribution in [0.15, 0.2) is 47.6 Å². The molecule has 1 aromatic heterocycles. The summed E-state index contributed by atoms with van der Waals surface area (Å²) in [7, 11) is 0. The summed E-state index contributed by atoms with van der Waals surface area (Å²) in [5.74, 6) is 1.16. The van der Waals surface area contributed by atoms with Crippen molar-refractivity contribution in [1.82, 2.24) is 20.1 Å². The summed E-state index contributed by atoms with van der Waals surface area (Å²) in [5.41, 5.74) is 1.14. The van der Waals surface area contributed by atoms with Crippen LogP contribution in [0.4, 0.5) is 0 Å². The van der Waals surface area contributed by atoms with Gasteiger partial charge in [0.1, 0.15) is 0 Å². The average Bonchev–Trinajstić information content (AvgIpc) is 3.09. The molecule has 0 saturated carbocycles. The molecular weight excluding hydrogens is 439 g/mol. The number of amides is 1. The highest BCUT2D eigenvalue weighted by molar-refractivity contribution is 7.99. The quantitative estimate of drug-likeness (QED) is 0.467. The van der Waals surface area contributed by atoms with E-state index in [-0.39, 0.29) is 12.5 Å². The van der Waals surface area contributed by atoms with Gasteiger partial charge in [-0.25, -0.2) is 0 Å². The van der Waals surface area contributed by atoms with Crippen molar-refractivity contribution in [3.63, 3.8) is 0 Å². The number of nitrogens with one attached hydrogen (secondary N) is 1. The van der Waals surface area contributed by atoms with E-state index >= 15 is 0 Å². The highest BCUT2D eigenvalue weighted by Gasteiger charge is 2.17. The Bertz CT molecular complexity index is 993. The highest BCUT2D eigenvalue weighted by Crippen LogP contribution is 2.25. The molecule has 3 rings (SSSR count). The number of carbonyl (C=O) groups excluding carboxylic acids is 1. The number of carbonyl (C=O) groups is 1. The van der Waals surface area contributed by atoms with Crippen molar-refractivity contribution in [2.24, 2.45) is 0 Å². The van der Waals surface area contributed by atoms with E-state index in [1.54, 1.807) is 30.0 Å². The summed E-state index contributed by atoms with van der Waals surface area (Å²) in [4.78, 5) is 12.5. The Labute approximate surface area is 182 Å². The van der Waals surface area contributed by atoms with Gasteiger partial charge < -0.3 is 5.32 Å². The first-order valence-corrected chi connectivity index (χ1v) is 10.7. The predicted molar refractivity (Wildman–Crippen MR) is 115 cm³/mol. The fourth-order valence-corrected chi connectivity index (χ4v) is 3.89. The van der Waals surface area contributed by atoms with E-state index in [1.165, 1.54) is 6.07 Å². The molecule has 0 bridgehead atoms. The molecular formula is C19H17Cl3N4OS. The largest absolute Gasteiger partial charge is 0.345 e. The standard InChI is InChI=1S/C19H17Cl3N4OS/c1-2-8-28-19-25-24-17(26(19)14-5-3-4-12(20)9-14)11-23-18(27)15-10-13(21)6-7-16(15)22/h3-7,9-10H,2,8,11H2,1H3,(H,23,27). The molecule has 2 aromatic carbocycles. The van der Waals surface area contributed by atoms with E-state index in [9.17, 15) is 4.79 Å². The van der Waals surface area contributed by atoms with Crippen LogP contribution in [0, 0.1) is 0 Å². The lowest BCUT2D eigenvalue weighted by atomic mass is 10.2. The van der Waals surface area contributed by atoms with Crippen LogP contribution in [-0.4, -0.2) is 26.4 Å². The number of rotatable bonds is 7. The molecule has 0 atom stereocenters. The Morgan fingerprint density at radius 3 is 2.64 bits per heavy atom. The van der Waals surface area contributed by atoms with Crippen LogP contribution in [0.5, 0.6) is 0 Å². The van der Waals surface area contributed by atoms with Crippen LogP contribution in [0.25, 0.3) is 5.69 Å². The first-order chi connectivity index (χ1) is 13.5. The van der Waals surface area contributed by atoms with Gasteiger partial charge in [0, 0.05) is 15.8 Å². The molecule has 0 unspecified atom stereocenters. The van der Waals surface area contributed by atoms with E-state index < -0.39 is 0 Å². The van der Waals surface area contributed by atoms with E-state index in [0.29, 0.717) is 26.5 Å². The molecule has 0 aliphatic heterocycles. The first kappa shape index (κ1) is 21.0. The molecule has 1 heterocycles. The molecule has 0 aliphatic rings. The molecule has 0 saturated heterocycles. The summed E-state index contributed by atoms with van der Waals surface area (Å²) < 4.78 is 1.89. The second-order valence-electron chi connectivity index (χ2n) is 5.87. The summed E-state index contributed by atoms with van der Waals surface area (Å²) in [6, 6.07) is 12.2. The fourth-order valence-electron chi connectivity index (χ4n) is 2.50. The summed E-state index contributed by atoms with van der Waals surface area (Å²) in [6.45, 7) is 2.27. The van der Waals surface area contributed by atoms with Crippen LogP contribution in [0.3, 0.4) is 0 Å². The summed E-state index contributed by atoms with van der Waals surface area (Å²) in [6.07, 6.45) is 1.01. The maximum atomic E-state index is 12.5. The van der Waals surface area contributed by atoms with Gasteiger partial charge in [0.2, 0.25) is 0 Å². The van der Waals surface area contributed by atoms with Gasteiger partial charge in [0.25, 0.3) is 5.91 Å². The van der Waals surface area contributed by atoms with Gasteiger partial charge in [-0.1, -0.05) is 59.6 Å². The summed E-state index contributed by atoms with van der Waals surface area (Å²) >= 11 is 19.8. The van der Waals surface area contributed by atoms with Gasteiger partial charge in [0.15, 0.2) is 11.0 Å². The number of hydrogen-bond acceptors (Lipinski definition) is 4. The van der Waals surface area contributed by atoms with E-state index in [0.717, 1.165) is 23.0 Å². The van der Waals surface area contributed by atoms with Crippen LogP contribution in [0.2, 0.25) is 15.1 Å². The second-order valence-corrected chi connectivity index (χ2v) is 8.21. The maximum absolute atomic E-state index is 12.5. The van der Waals surface area contributed by atoms with Crippen LogP contribution in [0.1, 0.15) is 29.5 Å². The Hall–Kier alpha value is -1.73. The molecule has 0 radical (unpaired) electrons. The Morgan fingerprint density at radius 1 is 1.11 bits per heavy atom. The van der Waals surface area contributed by atoms with Gasteiger partial charge >= 0.3 is 0 Å². The molecule has 9 heteroatoms. The van der Waals surface area contributed by atoms with Gasteiger partial charge in [-0.05, 0) is 42.8 Å². The van der Waals surface area contributed by atoms with Gasteiger partial charge in [-0.15, -0.1) is 10.2 Å². The molecule has 1 amide bonds. The van der Waals surface area contributed by atoms with Gasteiger partial charge in [-0.3, -0.25) is 9.36 Å². The van der Waals surface area contributed by atoms with Crippen molar-refractivity contribution in [1.29, 1.82) is 0 Å². The topological polar surface area (TPSA) is 59.8 Å². The molecule has 0 fully saturated rings. The minimum atomic E-state index is -0.337. The lowest BCUT2D eigenvalue weighted by Crippen LogP contribution is -2.25. The lowest BCUT2D eigenvalue weighted by Gasteiger charge is -2.11. The number of benzene rings is 2. The number of thioether (sulfide) groups is 1. The lowest BCUT2D eigenvalue weighted by molar-refractivity contribution is 0.0950. The number of halogens is 3. The van der Waals surface area contributed by atoms with Crippen molar-refractivity contribution in [3.8, 4) is 5.69 Å². The summed E-state index contributed by atoms with van der Waals surface area (Å²) in [5, 5.41) is 13.5. The van der Waals surface area contributed by atoms with E-state index in [4.69, 9.17) is 34.8 Å². The Balaban J connectivity index is 1.86. The molecule has 5 nitrogen and oxygen atoms in total. The normalized spacial score (nSPS) is 10.9. The molecule has 0 aliphatic carbocycles. The Kier molecular flexibility index (Phi) is 7.24. The van der Waals surface area contributed by atoms with Crippen LogP contribution in [-0.2, 0) is 6.54 Å². The highest BCUT2D eigenvalue weighted by atomic mass is 35.5. The molecule has 28 heavy (non-hydrogen) atoms. The number of nitrogens with zero attached hydrogens (tertiary/aromatic N) is 3. The minimum absolute atomic E-state index is 0.174. The smallest absolute Gasteiger partial charge is 0.253 e. The second kappa shape index (κ2) is 9.65. The third-order valence-electron chi connectivity index (χ3n) is 3.78. The monoisotopic (exact) mass is 454 g/mol. The first-order valence-electron chi connectivity index (χ1n) is 8.56. The third-order valence-corrected chi connectivity index (χ3v) is 5.72. The van der Waals surface area contributed by atoms with Crippen molar-refractivity contribution in [2.75, 3.05) is 5.75 Å². The molecule has 1 N–H and O–H groups in total. The fraction of sp³-hybridized carbons (Fsp3) is 0.211. The van der Waals surface area contributed by atoms with Crippen LogP contribution < -0.4 is 5.32 Å². The van der Waals surface area contributed by atoms with E-state index in [2.05, 4.69) is 22.4 Å². The number of aromatic nitrogens is 3. The molecule has 146 valence electrons. The zero-order valence-electron chi connectivity index (χ0n) is 15.0. The predicted octanol–water partition coefficient (Wildman–Crippen LogP) is 5.66. The molecule has 0 spiro atoms. The minimum Gasteiger partial charge on any atom is -0.345 e. The SMILES string of the molecule is CCCSc1nnc(CNC(=O)c2cc(Cl)ccc2Cl)n1-c1cccc(Cl)c1. The zero-order valence-corrected chi connectivity index (χ0v) is 18.0. The van der Waals surface area contributed by atoms with Gasteiger partial charge in [0.05, 0.1) is 22.8 Å². The zero-order chi connectivity index (χ0) is 20.1. The van der Waals surface area contributed by atoms with E-state index in [1.807, 2.05) is 22.8 Å².